The minimum atomic E-state index is -1.19. The number of hydrogen-bond acceptors (Lipinski definition) is 7. The van der Waals surface area contributed by atoms with Crippen LogP contribution in [0.2, 0.25) is 5.02 Å². The van der Waals surface area contributed by atoms with Crippen molar-refractivity contribution in [1.29, 1.82) is 5.26 Å². The van der Waals surface area contributed by atoms with Crippen LogP contribution < -0.4 is 4.74 Å². The number of imidazole rings is 1. The molecule has 4 heterocycles. The second kappa shape index (κ2) is 10.2. The van der Waals surface area contributed by atoms with Crippen LogP contribution in [-0.2, 0) is 0 Å². The van der Waals surface area contributed by atoms with Crippen molar-refractivity contribution < 1.29 is 13.5 Å². The fourth-order valence-electron chi connectivity index (χ4n) is 5.24. The van der Waals surface area contributed by atoms with Gasteiger partial charge in [0.1, 0.15) is 29.1 Å². The van der Waals surface area contributed by atoms with Gasteiger partial charge < -0.3 is 9.30 Å². The molecular formula is C28H22ClF2N7O. The Labute approximate surface area is 227 Å². The number of aryl methyl sites for hydroxylation is 1. The Morgan fingerprint density at radius 1 is 1.13 bits per heavy atom. The van der Waals surface area contributed by atoms with E-state index in [1.165, 1.54) is 6.07 Å². The number of aromatic nitrogens is 5. The van der Waals surface area contributed by atoms with E-state index in [-0.39, 0.29) is 29.7 Å². The Balaban J connectivity index is 1.44. The van der Waals surface area contributed by atoms with Crippen molar-refractivity contribution in [3.8, 4) is 29.0 Å². The van der Waals surface area contributed by atoms with Gasteiger partial charge in [0.15, 0.2) is 0 Å². The quantitative estimate of drug-likeness (QED) is 0.248. The van der Waals surface area contributed by atoms with Crippen molar-refractivity contribution in [3.05, 3.63) is 71.7 Å². The zero-order valence-electron chi connectivity index (χ0n) is 20.9. The van der Waals surface area contributed by atoms with Crippen LogP contribution in [0.15, 0.2) is 55.0 Å². The molecule has 0 aliphatic carbocycles. The summed E-state index contributed by atoms with van der Waals surface area (Å²) in [5, 5.41) is 9.93. The molecule has 6 rings (SSSR count). The van der Waals surface area contributed by atoms with Crippen molar-refractivity contribution in [3.63, 3.8) is 0 Å². The number of rotatable bonds is 5. The molecular weight excluding hydrogens is 524 g/mol. The number of likely N-dealkylation sites (tertiary alicyclic amines) is 1. The highest BCUT2D eigenvalue weighted by molar-refractivity contribution is 6.33. The SMILES string of the molecule is Cc1nc2cnc3cc(F)c(-c4ccc(Oc5ncccn5)cc4Cl)cc3c2n1[C@H]1CCN(CC#N)CC1F. The number of ether oxygens (including phenoxy) is 1. The van der Waals surface area contributed by atoms with E-state index in [4.69, 9.17) is 21.6 Å². The summed E-state index contributed by atoms with van der Waals surface area (Å²) in [7, 11) is 0. The van der Waals surface area contributed by atoms with Crippen LogP contribution in [0, 0.1) is 24.1 Å². The lowest BCUT2D eigenvalue weighted by Gasteiger charge is -2.35. The minimum absolute atomic E-state index is 0.165. The van der Waals surface area contributed by atoms with Crippen molar-refractivity contribution >= 4 is 33.5 Å². The normalized spacial score (nSPS) is 17.9. The number of benzene rings is 2. The maximum atomic E-state index is 15.4. The summed E-state index contributed by atoms with van der Waals surface area (Å²) in [6, 6.07) is 11.4. The molecule has 1 fully saturated rings. The lowest BCUT2D eigenvalue weighted by molar-refractivity contribution is 0.0996. The fourth-order valence-corrected chi connectivity index (χ4v) is 5.51. The lowest BCUT2D eigenvalue weighted by Crippen LogP contribution is -2.43. The molecule has 1 saturated heterocycles. The van der Waals surface area contributed by atoms with E-state index in [1.807, 2.05) is 16.4 Å². The number of alkyl halides is 1. The Hall–Kier alpha value is -4.20. The molecule has 2 aromatic carbocycles. The van der Waals surface area contributed by atoms with E-state index in [0.717, 1.165) is 0 Å². The van der Waals surface area contributed by atoms with Crippen molar-refractivity contribution in [2.45, 2.75) is 25.6 Å². The first-order valence-corrected chi connectivity index (χ1v) is 12.8. The molecule has 1 unspecified atom stereocenters. The van der Waals surface area contributed by atoms with E-state index >= 15 is 8.78 Å². The first-order chi connectivity index (χ1) is 18.9. The molecule has 11 heteroatoms. The number of fused-ring (bicyclic) bond motifs is 3. The third kappa shape index (κ3) is 4.64. The van der Waals surface area contributed by atoms with Crippen molar-refractivity contribution in [2.75, 3.05) is 19.6 Å². The van der Waals surface area contributed by atoms with Crippen molar-refractivity contribution in [2.24, 2.45) is 0 Å². The molecule has 2 atom stereocenters. The average Bonchev–Trinajstić information content (AvgIpc) is 3.25. The summed E-state index contributed by atoms with van der Waals surface area (Å²) in [5.41, 5.74) is 2.46. The zero-order valence-corrected chi connectivity index (χ0v) is 21.6. The molecule has 0 bridgehead atoms. The second-order valence-corrected chi connectivity index (χ2v) is 9.82. The highest BCUT2D eigenvalue weighted by Crippen LogP contribution is 2.38. The van der Waals surface area contributed by atoms with E-state index in [2.05, 4.69) is 26.0 Å². The minimum Gasteiger partial charge on any atom is -0.424 e. The maximum absolute atomic E-state index is 15.4. The van der Waals surface area contributed by atoms with Crippen LogP contribution in [0.25, 0.3) is 33.1 Å². The molecule has 3 aromatic heterocycles. The number of halogens is 3. The summed E-state index contributed by atoms with van der Waals surface area (Å²) >= 11 is 6.59. The number of nitrogens with zero attached hydrogens (tertiary/aromatic N) is 7. The number of pyridine rings is 1. The Morgan fingerprint density at radius 3 is 2.69 bits per heavy atom. The summed E-state index contributed by atoms with van der Waals surface area (Å²) in [4.78, 5) is 18.9. The molecule has 0 N–H and O–H groups in total. The first-order valence-electron chi connectivity index (χ1n) is 12.4. The van der Waals surface area contributed by atoms with Gasteiger partial charge in [0.05, 0.1) is 40.9 Å². The van der Waals surface area contributed by atoms with Gasteiger partial charge in [-0.25, -0.2) is 23.7 Å². The summed E-state index contributed by atoms with van der Waals surface area (Å²) in [5.74, 6) is 0.562. The second-order valence-electron chi connectivity index (χ2n) is 9.41. The first kappa shape index (κ1) is 25.1. The van der Waals surface area contributed by atoms with Gasteiger partial charge in [-0.2, -0.15) is 5.26 Å². The summed E-state index contributed by atoms with van der Waals surface area (Å²) in [6.07, 6.45) is 4.03. The van der Waals surface area contributed by atoms with Gasteiger partial charge in [-0.3, -0.25) is 9.88 Å². The number of piperidine rings is 1. The zero-order chi connectivity index (χ0) is 27.1. The summed E-state index contributed by atoms with van der Waals surface area (Å²) in [6.45, 7) is 2.78. The fraction of sp³-hybridized carbons (Fsp3) is 0.250. The largest absolute Gasteiger partial charge is 0.424 e. The maximum Gasteiger partial charge on any atom is 0.321 e. The number of nitriles is 1. The third-order valence-electron chi connectivity index (χ3n) is 6.98. The molecule has 196 valence electrons. The monoisotopic (exact) mass is 545 g/mol. The highest BCUT2D eigenvalue weighted by Gasteiger charge is 2.33. The van der Waals surface area contributed by atoms with Gasteiger partial charge in [0.2, 0.25) is 0 Å². The van der Waals surface area contributed by atoms with Gasteiger partial charge >= 0.3 is 6.01 Å². The molecule has 1 aliphatic rings. The van der Waals surface area contributed by atoms with Crippen LogP contribution in [-0.4, -0.2) is 55.2 Å². The smallest absolute Gasteiger partial charge is 0.321 e. The van der Waals surface area contributed by atoms with E-state index in [1.54, 1.807) is 48.9 Å². The summed E-state index contributed by atoms with van der Waals surface area (Å²) < 4.78 is 38.4. The third-order valence-corrected chi connectivity index (χ3v) is 7.29. The van der Waals surface area contributed by atoms with Gasteiger partial charge in [-0.1, -0.05) is 11.6 Å². The molecule has 8 nitrogen and oxygen atoms in total. The van der Waals surface area contributed by atoms with Crippen LogP contribution in [0.5, 0.6) is 11.8 Å². The van der Waals surface area contributed by atoms with Crippen LogP contribution >= 0.6 is 11.6 Å². The molecule has 1 aliphatic heterocycles. The highest BCUT2D eigenvalue weighted by atomic mass is 35.5. The predicted octanol–water partition coefficient (Wildman–Crippen LogP) is 6.04. The number of hydrogen-bond donors (Lipinski definition) is 0. The topological polar surface area (TPSA) is 92.8 Å². The Morgan fingerprint density at radius 2 is 1.95 bits per heavy atom. The Kier molecular flexibility index (Phi) is 6.54. The molecule has 39 heavy (non-hydrogen) atoms. The lowest BCUT2D eigenvalue weighted by atomic mass is 10.00. The molecule has 0 amide bonds. The molecule has 0 spiro atoms. The van der Waals surface area contributed by atoms with E-state index < -0.39 is 18.0 Å². The van der Waals surface area contributed by atoms with Gasteiger partial charge in [-0.05, 0) is 37.6 Å². The molecule has 0 saturated carbocycles. The predicted molar refractivity (Wildman–Crippen MR) is 143 cm³/mol. The van der Waals surface area contributed by atoms with Gasteiger partial charge in [0.25, 0.3) is 0 Å². The van der Waals surface area contributed by atoms with Crippen LogP contribution in [0.1, 0.15) is 18.3 Å². The van der Waals surface area contributed by atoms with Gasteiger partial charge in [-0.15, -0.1) is 0 Å². The average molecular weight is 546 g/mol. The molecule has 0 radical (unpaired) electrons. The van der Waals surface area contributed by atoms with E-state index in [9.17, 15) is 0 Å². The molecule has 5 aromatic rings. The van der Waals surface area contributed by atoms with Crippen LogP contribution in [0.3, 0.4) is 0 Å². The van der Waals surface area contributed by atoms with Crippen molar-refractivity contribution in [1.82, 2.24) is 29.4 Å². The Bertz CT molecular complexity index is 1740. The standard InChI is InChI=1S/C28H22ClF2N7O/c1-16-36-25-14-35-24-13-22(30)19(18-4-3-17(11-21(18)29)39-28-33-7-2-8-34-28)12-20(24)27(25)38(16)26-5-9-37(10-6-32)15-23(26)31/h2-4,7-8,11-14,23,26H,5,9-10,15H2,1H3/t23?,26-/m0/s1. The van der Waals surface area contributed by atoms with Crippen LogP contribution in [0.4, 0.5) is 8.78 Å². The van der Waals surface area contributed by atoms with E-state index in [0.29, 0.717) is 52.0 Å². The van der Waals surface area contributed by atoms with Gasteiger partial charge in [0, 0.05) is 54.1 Å².